The van der Waals surface area contributed by atoms with E-state index in [1.54, 1.807) is 0 Å². The predicted octanol–water partition coefficient (Wildman–Crippen LogP) is 1.18. The summed E-state index contributed by atoms with van der Waals surface area (Å²) in [7, 11) is 0. The van der Waals surface area contributed by atoms with Crippen molar-refractivity contribution in [3.8, 4) is 17.2 Å². The summed E-state index contributed by atoms with van der Waals surface area (Å²) in [5, 5.41) is 27.0. The molecule has 1 radical (unpaired) electrons. The minimum Gasteiger partial charge on any atom is -0.504 e. The number of aromatic hydroxyl groups is 3. The number of rotatable bonds is 1. The summed E-state index contributed by atoms with van der Waals surface area (Å²) in [6.45, 7) is 3.53. The van der Waals surface area contributed by atoms with Crippen molar-refractivity contribution in [2.75, 3.05) is 0 Å². The van der Waals surface area contributed by atoms with E-state index in [2.05, 4.69) is 6.92 Å². The van der Waals surface area contributed by atoms with Crippen LogP contribution in [0, 0.1) is 6.92 Å². The van der Waals surface area contributed by atoms with Gasteiger partial charge in [-0.05, 0) is 11.6 Å². The Morgan fingerprint density at radius 1 is 1.08 bits per heavy atom. The van der Waals surface area contributed by atoms with E-state index in [1.165, 1.54) is 12.1 Å². The molecule has 0 saturated carbocycles. The van der Waals surface area contributed by atoms with Crippen LogP contribution in [-0.4, -0.2) is 15.3 Å². The van der Waals surface area contributed by atoms with Gasteiger partial charge in [0.05, 0.1) is 0 Å². The van der Waals surface area contributed by atoms with E-state index in [1.807, 2.05) is 0 Å². The Bertz CT molecular complexity index is 273. The van der Waals surface area contributed by atoms with Gasteiger partial charge in [0.2, 0.25) is 0 Å². The van der Waals surface area contributed by atoms with Crippen molar-refractivity contribution in [1.82, 2.24) is 0 Å². The van der Waals surface area contributed by atoms with Gasteiger partial charge in [-0.25, -0.2) is 0 Å². The first-order valence-electron chi connectivity index (χ1n) is 3.19. The van der Waals surface area contributed by atoms with Crippen molar-refractivity contribution < 1.29 is 48.0 Å². The third-order valence-corrected chi connectivity index (χ3v) is 1.48. The molecule has 0 aliphatic heterocycles. The summed E-state index contributed by atoms with van der Waals surface area (Å²) in [6.07, 6.45) is 0.375. The third kappa shape index (κ3) is 2.11. The van der Waals surface area contributed by atoms with Gasteiger partial charge in [-0.15, -0.1) is 0 Å². The van der Waals surface area contributed by atoms with Gasteiger partial charge in [0.1, 0.15) is 0 Å². The zero-order valence-electron chi connectivity index (χ0n) is 6.49. The van der Waals surface area contributed by atoms with Gasteiger partial charge >= 0.3 is 0 Å². The molecule has 0 atom stereocenters. The average Bonchev–Trinajstić information content (AvgIpc) is 2.01. The smallest absolute Gasteiger partial charge is 0.200 e. The minimum absolute atomic E-state index is 0. The fraction of sp³-hybridized carbons (Fsp3) is 0.125. The van der Waals surface area contributed by atoms with Gasteiger partial charge in [0.15, 0.2) is 17.2 Å². The Morgan fingerprint density at radius 2 is 1.67 bits per heavy atom. The van der Waals surface area contributed by atoms with Crippen molar-refractivity contribution in [3.05, 3.63) is 24.6 Å². The van der Waals surface area contributed by atoms with Crippen LogP contribution >= 0.6 is 0 Å². The number of benzene rings is 1. The molecule has 63 valence electrons. The summed E-state index contributed by atoms with van der Waals surface area (Å²) in [5.41, 5.74) is 0.514. The molecular weight excluding hydrogens is 233 g/mol. The van der Waals surface area contributed by atoms with Crippen molar-refractivity contribution in [2.24, 2.45) is 0 Å². The zero-order chi connectivity index (χ0) is 8.43. The van der Waals surface area contributed by atoms with E-state index in [0.29, 0.717) is 12.0 Å². The molecule has 0 spiro atoms. The van der Waals surface area contributed by atoms with Gasteiger partial charge < -0.3 is 22.2 Å². The van der Waals surface area contributed by atoms with Crippen LogP contribution in [0.15, 0.2) is 12.1 Å². The Labute approximate surface area is 95.9 Å². The molecule has 0 bridgehead atoms. The van der Waals surface area contributed by atoms with Crippen molar-refractivity contribution >= 4 is 0 Å². The normalized spacial score (nSPS) is 9.08. The summed E-state index contributed by atoms with van der Waals surface area (Å²) >= 11 is 0. The number of hydrogen-bond acceptors (Lipinski definition) is 3. The molecule has 1 aromatic rings. The van der Waals surface area contributed by atoms with Crippen LogP contribution < -0.4 is 0 Å². The van der Waals surface area contributed by atoms with E-state index in [0.717, 1.165) is 0 Å². The van der Waals surface area contributed by atoms with Crippen molar-refractivity contribution in [2.45, 2.75) is 6.42 Å². The third-order valence-electron chi connectivity index (χ3n) is 1.48. The van der Waals surface area contributed by atoms with Crippen LogP contribution in [0.5, 0.6) is 17.2 Å². The predicted molar refractivity (Wildman–Crippen MR) is 40.5 cm³/mol. The van der Waals surface area contributed by atoms with Crippen LogP contribution in [0.3, 0.4) is 0 Å². The molecule has 0 saturated heterocycles. The number of phenols is 3. The maximum absolute atomic E-state index is 9.13. The maximum Gasteiger partial charge on any atom is 0.200 e. The molecule has 3 N–H and O–H groups in total. The molecule has 4 heteroatoms. The fourth-order valence-corrected chi connectivity index (χ4v) is 0.813. The van der Waals surface area contributed by atoms with E-state index in [9.17, 15) is 0 Å². The summed E-state index contributed by atoms with van der Waals surface area (Å²) in [6, 6.07) is 2.83. The largest absolute Gasteiger partial charge is 0.504 e. The van der Waals surface area contributed by atoms with Crippen LogP contribution in [0.4, 0.5) is 0 Å². The molecule has 0 amide bonds. The monoisotopic (exact) mass is 242 g/mol. The zero-order valence-corrected chi connectivity index (χ0v) is 9.33. The average molecular weight is 242 g/mol. The second-order valence-electron chi connectivity index (χ2n) is 2.19. The second-order valence-corrected chi connectivity index (χ2v) is 2.19. The molecule has 0 heterocycles. The first kappa shape index (κ1) is 11.7. The maximum atomic E-state index is 9.13. The standard InChI is InChI=1S/C8H9O3.Y/c1-2-5-3-4-6(9)8(11)7(5)10;/h3-4,9-11H,1-2H2;/q-1;. The minimum atomic E-state index is -0.480. The van der Waals surface area contributed by atoms with Gasteiger partial charge in [-0.1, -0.05) is 6.07 Å². The van der Waals surface area contributed by atoms with Crippen LogP contribution in [0.25, 0.3) is 0 Å². The SMILES string of the molecule is [CH2-]Cc1ccc(O)c(O)c1O.[Y]. The molecule has 0 unspecified atom stereocenters. The molecule has 1 rings (SSSR count). The fourth-order valence-electron chi connectivity index (χ4n) is 0.813. The number of phenolic OH excluding ortho intramolecular Hbond substituents is 3. The topological polar surface area (TPSA) is 60.7 Å². The first-order chi connectivity index (χ1) is 5.16. The van der Waals surface area contributed by atoms with Crippen LogP contribution in [-0.2, 0) is 39.1 Å². The van der Waals surface area contributed by atoms with E-state index in [4.69, 9.17) is 15.3 Å². The Balaban J connectivity index is 0.00000121. The second kappa shape index (κ2) is 4.68. The van der Waals surface area contributed by atoms with Gasteiger partial charge in [0, 0.05) is 32.7 Å². The summed E-state index contributed by atoms with van der Waals surface area (Å²) in [5.74, 6) is -1.09. The summed E-state index contributed by atoms with van der Waals surface area (Å²) < 4.78 is 0. The van der Waals surface area contributed by atoms with Gasteiger partial charge in [-0.3, -0.25) is 0 Å². The van der Waals surface area contributed by atoms with Gasteiger partial charge in [0.25, 0.3) is 0 Å². The van der Waals surface area contributed by atoms with E-state index >= 15 is 0 Å². The van der Waals surface area contributed by atoms with Crippen LogP contribution in [0.1, 0.15) is 5.56 Å². The van der Waals surface area contributed by atoms with Crippen LogP contribution in [0.2, 0.25) is 0 Å². The molecule has 0 fully saturated rings. The molecule has 0 aromatic heterocycles. The van der Waals surface area contributed by atoms with Crippen molar-refractivity contribution in [3.63, 3.8) is 0 Å². The van der Waals surface area contributed by atoms with Crippen molar-refractivity contribution in [1.29, 1.82) is 0 Å². The Kier molecular flexibility index (Phi) is 4.57. The quantitative estimate of drug-likeness (QED) is 0.511. The molecule has 0 aliphatic rings. The molecule has 12 heavy (non-hydrogen) atoms. The number of hydrogen-bond donors (Lipinski definition) is 3. The molecular formula is C8H9O3Y-. The molecule has 3 nitrogen and oxygen atoms in total. The molecule has 0 aliphatic carbocycles. The molecule has 1 aromatic carbocycles. The van der Waals surface area contributed by atoms with E-state index < -0.39 is 5.75 Å². The summed E-state index contributed by atoms with van der Waals surface area (Å²) in [4.78, 5) is 0. The van der Waals surface area contributed by atoms with E-state index in [-0.39, 0.29) is 44.2 Å². The Hall–Kier alpha value is -0.276. The van der Waals surface area contributed by atoms with Gasteiger partial charge in [-0.2, -0.15) is 6.42 Å². The first-order valence-corrected chi connectivity index (χ1v) is 3.19. The Morgan fingerprint density at radius 3 is 2.17 bits per heavy atom.